The fraction of sp³-hybridized carbons (Fsp3) is 0.469. The summed E-state index contributed by atoms with van der Waals surface area (Å²) in [6, 6.07) is 20.9. The van der Waals surface area contributed by atoms with Gasteiger partial charge >= 0.3 is 5.97 Å². The molecule has 1 aliphatic carbocycles. The lowest BCUT2D eigenvalue weighted by Gasteiger charge is -2.26. The lowest BCUT2D eigenvalue weighted by atomic mass is 9.78. The summed E-state index contributed by atoms with van der Waals surface area (Å²) in [4.78, 5) is 16.2. The molecule has 286 valence electrons. The van der Waals surface area contributed by atoms with Crippen LogP contribution in [0.4, 0.5) is 17.1 Å². The second kappa shape index (κ2) is 15.8. The zero-order valence-electron chi connectivity index (χ0n) is 34.8. The fourth-order valence-corrected chi connectivity index (χ4v) is 9.40. The third kappa shape index (κ3) is 7.00. The maximum Gasteiger partial charge on any atom is 0.302 e. The van der Waals surface area contributed by atoms with Gasteiger partial charge in [-0.05, 0) is 99.9 Å². The highest BCUT2D eigenvalue weighted by Gasteiger charge is 2.49. The normalized spacial score (nSPS) is 18.1. The van der Waals surface area contributed by atoms with Crippen molar-refractivity contribution in [3.8, 4) is 11.1 Å². The van der Waals surface area contributed by atoms with Gasteiger partial charge in [-0.2, -0.15) is 4.58 Å². The first-order valence-corrected chi connectivity index (χ1v) is 20.6. The van der Waals surface area contributed by atoms with Crippen LogP contribution in [0, 0.1) is 0 Å². The van der Waals surface area contributed by atoms with Crippen molar-refractivity contribution in [2.75, 3.05) is 42.6 Å². The van der Waals surface area contributed by atoms with Gasteiger partial charge in [0.2, 0.25) is 5.69 Å². The Morgan fingerprint density at radius 1 is 0.778 bits per heavy atom. The molecule has 6 rings (SSSR count). The quantitative estimate of drug-likeness (QED) is 0.0676. The van der Waals surface area contributed by atoms with Crippen molar-refractivity contribution in [2.45, 2.75) is 118 Å². The average molecular weight is 727 g/mol. The molecule has 0 amide bonds. The molecule has 2 heterocycles. The molecular formula is C49H64N3O2+. The van der Waals surface area contributed by atoms with E-state index in [2.05, 4.69) is 162 Å². The number of hydrogen-bond donors (Lipinski definition) is 0. The number of nitrogens with zero attached hydrogens (tertiary/aromatic N) is 3. The highest BCUT2D eigenvalue weighted by molar-refractivity contribution is 6.05. The maximum absolute atomic E-state index is 11.3. The van der Waals surface area contributed by atoms with Crippen molar-refractivity contribution in [3.63, 3.8) is 0 Å². The summed E-state index contributed by atoms with van der Waals surface area (Å²) in [7, 11) is 0. The van der Waals surface area contributed by atoms with Gasteiger partial charge in [-0.25, -0.2) is 0 Å². The SMILES string of the molecule is CCCN1/C(=C/C=C/C=C/C2=[N+](CCCCCCOC(C)=O)c3c(ccc4c3-c3ccccc3C4(C)C)C2(C)C)C(C)(C)c2cc(N(CC)CC)ccc21. The van der Waals surface area contributed by atoms with Gasteiger partial charge in [0.25, 0.3) is 0 Å². The molecule has 0 radical (unpaired) electrons. The molecule has 54 heavy (non-hydrogen) atoms. The van der Waals surface area contributed by atoms with Crippen LogP contribution in [0.2, 0.25) is 0 Å². The number of benzene rings is 3. The van der Waals surface area contributed by atoms with E-state index >= 15 is 0 Å². The van der Waals surface area contributed by atoms with Crippen LogP contribution in [-0.4, -0.2) is 49.0 Å². The first kappa shape index (κ1) is 39.3. The molecule has 0 fully saturated rings. The first-order chi connectivity index (χ1) is 25.8. The van der Waals surface area contributed by atoms with Crippen LogP contribution >= 0.6 is 0 Å². The number of rotatable bonds is 15. The smallest absolute Gasteiger partial charge is 0.302 e. The van der Waals surface area contributed by atoms with Crippen molar-refractivity contribution >= 4 is 28.7 Å². The third-order valence-corrected chi connectivity index (χ3v) is 12.4. The minimum Gasteiger partial charge on any atom is -0.466 e. The fourth-order valence-electron chi connectivity index (χ4n) is 9.40. The molecule has 0 bridgehead atoms. The summed E-state index contributed by atoms with van der Waals surface area (Å²) in [5.74, 6) is -0.195. The van der Waals surface area contributed by atoms with Crippen molar-refractivity contribution in [3.05, 3.63) is 113 Å². The zero-order valence-corrected chi connectivity index (χ0v) is 34.8. The number of allylic oxidation sites excluding steroid dienone is 6. The Bertz CT molecular complexity index is 2000. The Morgan fingerprint density at radius 2 is 1.50 bits per heavy atom. The number of unbranched alkanes of at least 4 members (excludes halogenated alkanes) is 3. The summed E-state index contributed by atoms with van der Waals surface area (Å²) in [6.45, 7) is 27.0. The summed E-state index contributed by atoms with van der Waals surface area (Å²) >= 11 is 0. The number of carbonyl (C=O) groups is 1. The molecule has 3 aromatic rings. The Kier molecular flexibility index (Phi) is 11.5. The predicted octanol–water partition coefficient (Wildman–Crippen LogP) is 11.5. The molecule has 0 unspecified atom stereocenters. The van der Waals surface area contributed by atoms with Crippen molar-refractivity contribution in [1.29, 1.82) is 0 Å². The van der Waals surface area contributed by atoms with Crippen molar-refractivity contribution in [2.24, 2.45) is 0 Å². The molecule has 3 aliphatic rings. The van der Waals surface area contributed by atoms with Gasteiger partial charge in [-0.3, -0.25) is 4.79 Å². The lowest BCUT2D eigenvalue weighted by Crippen LogP contribution is -2.28. The van der Waals surface area contributed by atoms with Crippen LogP contribution in [0.5, 0.6) is 0 Å². The summed E-state index contributed by atoms with van der Waals surface area (Å²) < 4.78 is 7.84. The Morgan fingerprint density at radius 3 is 2.22 bits per heavy atom. The summed E-state index contributed by atoms with van der Waals surface area (Å²) in [5, 5.41) is 0. The molecule has 3 aromatic carbocycles. The standard InChI is InChI=1S/C49H64N3O2/c1-11-31-51-42-30-27-36(50(12-2)13-3)34-41(42)49(9,10)43(51)25-17-16-18-26-44-48(7,8)40-29-28-39-45(37-23-19-20-24-38(37)47(39,5)6)46(40)52(44)32-21-14-15-22-33-54-35(4)53/h16-20,23-30,34H,11-15,21-22,31-33H2,1-10H3/q+1. The van der Waals surface area contributed by atoms with Gasteiger partial charge < -0.3 is 14.5 Å². The van der Waals surface area contributed by atoms with Gasteiger partial charge in [0.05, 0.1) is 17.6 Å². The van der Waals surface area contributed by atoms with E-state index in [1.54, 1.807) is 0 Å². The maximum atomic E-state index is 11.3. The van der Waals surface area contributed by atoms with Crippen LogP contribution in [0.1, 0.15) is 124 Å². The van der Waals surface area contributed by atoms with E-state index in [1.807, 2.05) is 0 Å². The minimum atomic E-state index is -0.195. The van der Waals surface area contributed by atoms with Crippen molar-refractivity contribution < 1.29 is 14.1 Å². The van der Waals surface area contributed by atoms with E-state index in [4.69, 9.17) is 4.74 Å². The largest absolute Gasteiger partial charge is 0.466 e. The minimum absolute atomic E-state index is 0.0470. The first-order valence-electron chi connectivity index (χ1n) is 20.6. The van der Waals surface area contributed by atoms with Crippen LogP contribution in [-0.2, 0) is 25.8 Å². The number of carbonyl (C=O) groups excluding carboxylic acids is 1. The molecule has 0 atom stereocenters. The van der Waals surface area contributed by atoms with Crippen molar-refractivity contribution in [1.82, 2.24) is 0 Å². The second-order valence-corrected chi connectivity index (χ2v) is 16.9. The molecule has 0 saturated carbocycles. The molecule has 5 nitrogen and oxygen atoms in total. The number of anilines is 2. The van der Waals surface area contributed by atoms with Crippen LogP contribution in [0.3, 0.4) is 0 Å². The lowest BCUT2D eigenvalue weighted by molar-refractivity contribution is -0.437. The number of ether oxygens (including phenoxy) is 1. The average Bonchev–Trinajstić information content (AvgIpc) is 3.60. The molecule has 0 spiro atoms. The van der Waals surface area contributed by atoms with Gasteiger partial charge in [-0.1, -0.05) is 89.2 Å². The van der Waals surface area contributed by atoms with E-state index < -0.39 is 0 Å². The van der Waals surface area contributed by atoms with Crippen LogP contribution in [0.15, 0.2) is 90.7 Å². The molecule has 0 aromatic heterocycles. The number of fused-ring (bicyclic) bond motifs is 6. The molecular weight excluding hydrogens is 663 g/mol. The third-order valence-electron chi connectivity index (χ3n) is 12.4. The molecule has 0 N–H and O–H groups in total. The predicted molar refractivity (Wildman–Crippen MR) is 229 cm³/mol. The van der Waals surface area contributed by atoms with Gasteiger partial charge in [0.15, 0.2) is 5.71 Å². The molecule has 5 heteroatoms. The van der Waals surface area contributed by atoms with Crippen LogP contribution < -0.4 is 9.80 Å². The molecule has 0 saturated heterocycles. The topological polar surface area (TPSA) is 35.8 Å². The van der Waals surface area contributed by atoms with E-state index in [0.29, 0.717) is 6.61 Å². The van der Waals surface area contributed by atoms with E-state index in [1.165, 1.54) is 68.8 Å². The summed E-state index contributed by atoms with van der Waals surface area (Å²) in [6.07, 6.45) is 16.6. The Hall–Kier alpha value is -4.38. The highest BCUT2D eigenvalue weighted by Crippen LogP contribution is 2.56. The number of esters is 1. The second-order valence-electron chi connectivity index (χ2n) is 16.9. The molecule has 2 aliphatic heterocycles. The Balaban J connectivity index is 1.34. The monoisotopic (exact) mass is 726 g/mol. The van der Waals surface area contributed by atoms with Gasteiger partial charge in [0, 0.05) is 72.5 Å². The van der Waals surface area contributed by atoms with Gasteiger partial charge in [0.1, 0.15) is 6.54 Å². The highest BCUT2D eigenvalue weighted by atomic mass is 16.5. The van der Waals surface area contributed by atoms with E-state index in [9.17, 15) is 4.79 Å². The Labute approximate surface area is 326 Å². The zero-order chi connectivity index (χ0) is 38.8. The number of hydrogen-bond acceptors (Lipinski definition) is 4. The van der Waals surface area contributed by atoms with Gasteiger partial charge in [-0.15, -0.1) is 0 Å². The van der Waals surface area contributed by atoms with Crippen LogP contribution in [0.25, 0.3) is 11.1 Å². The van der Waals surface area contributed by atoms with E-state index in [0.717, 1.165) is 58.3 Å². The van der Waals surface area contributed by atoms with E-state index in [-0.39, 0.29) is 22.2 Å². The summed E-state index contributed by atoms with van der Waals surface area (Å²) in [5.41, 5.74) is 14.9.